The number of rotatable bonds is 0. The van der Waals surface area contributed by atoms with Crippen molar-refractivity contribution in [1.82, 2.24) is 9.38 Å². The molecule has 0 aliphatic carbocycles. The topological polar surface area (TPSA) is 34.4 Å². The molecular weight excluding hydrogens is 188 g/mol. The van der Waals surface area contributed by atoms with Crippen LogP contribution >= 0.6 is 0 Å². The van der Waals surface area contributed by atoms with Gasteiger partial charge in [0.15, 0.2) is 0 Å². The molecule has 0 saturated heterocycles. The molecule has 0 bridgehead atoms. The van der Waals surface area contributed by atoms with E-state index in [4.69, 9.17) is 0 Å². The van der Waals surface area contributed by atoms with Crippen molar-refractivity contribution in [3.05, 3.63) is 59.0 Å². The molecule has 0 atom stereocenters. The Bertz CT molecular complexity index is 700. The first-order valence-corrected chi connectivity index (χ1v) is 4.72. The third-order valence-electron chi connectivity index (χ3n) is 2.46. The number of benzene rings is 1. The molecule has 1 aromatic carbocycles. The van der Waals surface area contributed by atoms with Crippen LogP contribution in [0.25, 0.3) is 16.6 Å². The molecular formula is C12H8N2O. The summed E-state index contributed by atoms with van der Waals surface area (Å²) in [5.41, 5.74) is 1.53. The van der Waals surface area contributed by atoms with Gasteiger partial charge >= 0.3 is 0 Å². The van der Waals surface area contributed by atoms with Gasteiger partial charge in [-0.3, -0.25) is 9.20 Å². The van der Waals surface area contributed by atoms with Gasteiger partial charge in [0.2, 0.25) is 0 Å². The van der Waals surface area contributed by atoms with Crippen molar-refractivity contribution >= 4 is 16.6 Å². The molecule has 15 heavy (non-hydrogen) atoms. The fraction of sp³-hybridized carbons (Fsp3) is 0. The van der Waals surface area contributed by atoms with Crippen molar-refractivity contribution in [3.63, 3.8) is 0 Å². The van der Waals surface area contributed by atoms with Crippen LogP contribution in [-0.2, 0) is 0 Å². The largest absolute Gasteiger partial charge is 0.269 e. The van der Waals surface area contributed by atoms with E-state index < -0.39 is 0 Å². The highest BCUT2D eigenvalue weighted by atomic mass is 16.1. The fourth-order valence-electron chi connectivity index (χ4n) is 1.78. The van der Waals surface area contributed by atoms with Crippen molar-refractivity contribution in [3.8, 4) is 0 Å². The van der Waals surface area contributed by atoms with Crippen LogP contribution in [-0.4, -0.2) is 9.38 Å². The zero-order valence-corrected chi connectivity index (χ0v) is 7.92. The summed E-state index contributed by atoms with van der Waals surface area (Å²) >= 11 is 0. The van der Waals surface area contributed by atoms with E-state index in [0.717, 1.165) is 10.9 Å². The minimum atomic E-state index is -0.0446. The zero-order valence-electron chi connectivity index (χ0n) is 7.92. The molecule has 0 N–H and O–H groups in total. The third kappa shape index (κ3) is 1.13. The Kier molecular flexibility index (Phi) is 1.59. The average molecular weight is 196 g/mol. The van der Waals surface area contributed by atoms with Crippen LogP contribution in [0.15, 0.2) is 53.5 Å². The second-order valence-electron chi connectivity index (χ2n) is 3.37. The Labute approximate surface area is 85.6 Å². The molecule has 2 heterocycles. The van der Waals surface area contributed by atoms with E-state index in [1.165, 1.54) is 12.3 Å². The van der Waals surface area contributed by atoms with E-state index in [2.05, 4.69) is 4.98 Å². The maximum absolute atomic E-state index is 11.7. The minimum Gasteiger partial charge on any atom is -0.269 e. The van der Waals surface area contributed by atoms with Crippen molar-refractivity contribution in [2.45, 2.75) is 0 Å². The molecule has 0 spiro atoms. The molecule has 3 nitrogen and oxygen atoms in total. The van der Waals surface area contributed by atoms with Crippen LogP contribution in [0.2, 0.25) is 0 Å². The summed E-state index contributed by atoms with van der Waals surface area (Å²) < 4.78 is 1.62. The van der Waals surface area contributed by atoms with Gasteiger partial charge in [-0.15, -0.1) is 0 Å². The Morgan fingerprint density at radius 2 is 1.87 bits per heavy atom. The molecule has 3 heteroatoms. The number of hydrogen-bond acceptors (Lipinski definition) is 2. The zero-order chi connectivity index (χ0) is 10.3. The van der Waals surface area contributed by atoms with Crippen LogP contribution in [0.4, 0.5) is 0 Å². The van der Waals surface area contributed by atoms with Crippen molar-refractivity contribution in [2.75, 3.05) is 0 Å². The standard InChI is InChI=1S/C12H8N2O/c15-12-7-8-13-11-6-5-9-3-1-2-4-10(9)14(11)12/h1-8H. The Hall–Kier alpha value is -2.16. The molecule has 0 aliphatic heterocycles. The second-order valence-corrected chi connectivity index (χ2v) is 3.37. The molecule has 3 aromatic rings. The van der Waals surface area contributed by atoms with Gasteiger partial charge in [-0.2, -0.15) is 0 Å². The Balaban J connectivity index is 2.70. The van der Waals surface area contributed by atoms with Gasteiger partial charge in [0.05, 0.1) is 5.52 Å². The summed E-state index contributed by atoms with van der Waals surface area (Å²) in [6.07, 6.45) is 1.53. The van der Waals surface area contributed by atoms with E-state index in [1.54, 1.807) is 4.40 Å². The van der Waals surface area contributed by atoms with Gasteiger partial charge in [-0.05, 0) is 23.6 Å². The van der Waals surface area contributed by atoms with Gasteiger partial charge < -0.3 is 0 Å². The van der Waals surface area contributed by atoms with Crippen molar-refractivity contribution < 1.29 is 0 Å². The van der Waals surface area contributed by atoms with E-state index >= 15 is 0 Å². The maximum Gasteiger partial charge on any atom is 0.258 e. The van der Waals surface area contributed by atoms with Crippen molar-refractivity contribution in [1.29, 1.82) is 0 Å². The highest BCUT2D eigenvalue weighted by molar-refractivity contribution is 5.81. The van der Waals surface area contributed by atoms with Crippen LogP contribution in [0, 0.1) is 0 Å². The molecule has 0 aliphatic rings. The minimum absolute atomic E-state index is 0.0446. The van der Waals surface area contributed by atoms with Gasteiger partial charge in [0, 0.05) is 12.3 Å². The lowest BCUT2D eigenvalue weighted by atomic mass is 10.2. The first kappa shape index (κ1) is 8.17. The Morgan fingerprint density at radius 1 is 1.00 bits per heavy atom. The van der Waals surface area contributed by atoms with Gasteiger partial charge in [0.25, 0.3) is 5.56 Å². The summed E-state index contributed by atoms with van der Waals surface area (Å²) in [6.45, 7) is 0. The smallest absolute Gasteiger partial charge is 0.258 e. The number of hydrogen-bond donors (Lipinski definition) is 0. The van der Waals surface area contributed by atoms with Crippen molar-refractivity contribution in [2.24, 2.45) is 0 Å². The lowest BCUT2D eigenvalue weighted by molar-refractivity contribution is 1.09. The van der Waals surface area contributed by atoms with Gasteiger partial charge in [-0.1, -0.05) is 18.2 Å². The molecule has 2 aromatic heterocycles. The summed E-state index contributed by atoms with van der Waals surface area (Å²) in [6, 6.07) is 13.1. The molecule has 72 valence electrons. The van der Waals surface area contributed by atoms with Crippen LogP contribution in [0.1, 0.15) is 0 Å². The lowest BCUT2D eigenvalue weighted by Gasteiger charge is -2.03. The van der Waals surface area contributed by atoms with E-state index in [1.807, 2.05) is 36.4 Å². The van der Waals surface area contributed by atoms with E-state index in [-0.39, 0.29) is 5.56 Å². The van der Waals surface area contributed by atoms with Crippen LogP contribution < -0.4 is 5.56 Å². The fourth-order valence-corrected chi connectivity index (χ4v) is 1.78. The number of aromatic nitrogens is 2. The first-order chi connectivity index (χ1) is 7.36. The SMILES string of the molecule is O=c1ccnc2ccc3ccccc3n12. The number of para-hydroxylation sites is 1. The lowest BCUT2D eigenvalue weighted by Crippen LogP contribution is -2.13. The average Bonchev–Trinajstić information content (AvgIpc) is 2.29. The molecule has 0 amide bonds. The Morgan fingerprint density at radius 3 is 2.80 bits per heavy atom. The molecule has 0 fully saturated rings. The van der Waals surface area contributed by atoms with E-state index in [0.29, 0.717) is 5.65 Å². The van der Waals surface area contributed by atoms with Gasteiger partial charge in [0.1, 0.15) is 5.65 Å². The van der Waals surface area contributed by atoms with Crippen LogP contribution in [0.3, 0.4) is 0 Å². The highest BCUT2D eigenvalue weighted by Crippen LogP contribution is 2.13. The predicted octanol–water partition coefficient (Wildman–Crippen LogP) is 1.85. The summed E-state index contributed by atoms with van der Waals surface area (Å²) in [5.74, 6) is 0. The molecule has 0 saturated carbocycles. The van der Waals surface area contributed by atoms with Crippen LogP contribution in [0.5, 0.6) is 0 Å². The molecule has 0 radical (unpaired) electrons. The monoisotopic (exact) mass is 196 g/mol. The van der Waals surface area contributed by atoms with Gasteiger partial charge in [-0.25, -0.2) is 4.98 Å². The number of nitrogens with zero attached hydrogens (tertiary/aromatic N) is 2. The summed E-state index contributed by atoms with van der Waals surface area (Å²) in [7, 11) is 0. The highest BCUT2D eigenvalue weighted by Gasteiger charge is 2.00. The second kappa shape index (κ2) is 2.92. The third-order valence-corrected chi connectivity index (χ3v) is 2.46. The predicted molar refractivity (Wildman–Crippen MR) is 59.0 cm³/mol. The number of fused-ring (bicyclic) bond motifs is 3. The maximum atomic E-state index is 11.7. The summed E-state index contributed by atoms with van der Waals surface area (Å²) in [5, 5.41) is 1.04. The number of pyridine rings is 1. The van der Waals surface area contributed by atoms with E-state index in [9.17, 15) is 4.79 Å². The normalized spacial score (nSPS) is 10.9. The molecule has 0 unspecified atom stereocenters. The summed E-state index contributed by atoms with van der Waals surface area (Å²) in [4.78, 5) is 15.9. The first-order valence-electron chi connectivity index (χ1n) is 4.72. The quantitative estimate of drug-likeness (QED) is 0.514. The molecule has 3 rings (SSSR count).